The van der Waals surface area contributed by atoms with Gasteiger partial charge in [0.2, 0.25) is 5.91 Å². The van der Waals surface area contributed by atoms with Crippen molar-refractivity contribution >= 4 is 17.6 Å². The number of hydrogen-bond acceptors (Lipinski definition) is 3. The second-order valence-electron chi connectivity index (χ2n) is 4.90. The van der Waals surface area contributed by atoms with Crippen LogP contribution in [0.15, 0.2) is 18.2 Å². The molecule has 4 heteroatoms. The lowest BCUT2D eigenvalue weighted by atomic mass is 10.1. The summed E-state index contributed by atoms with van der Waals surface area (Å²) < 4.78 is 4.93. The average Bonchev–Trinajstić information content (AvgIpc) is 2.31. The summed E-state index contributed by atoms with van der Waals surface area (Å²) in [6.07, 6.45) is 0.485. The van der Waals surface area contributed by atoms with Crippen molar-refractivity contribution in [2.24, 2.45) is 5.92 Å². The first-order chi connectivity index (χ1) is 8.93. The van der Waals surface area contributed by atoms with Crippen molar-refractivity contribution in [2.75, 3.05) is 11.9 Å². The first-order valence-corrected chi connectivity index (χ1v) is 6.51. The van der Waals surface area contributed by atoms with Crippen LogP contribution in [0.25, 0.3) is 0 Å². The molecule has 0 aliphatic rings. The number of hydrogen-bond donors (Lipinski definition) is 1. The summed E-state index contributed by atoms with van der Waals surface area (Å²) in [6.45, 7) is 7.97. The largest absolute Gasteiger partial charge is 0.462 e. The molecule has 1 amide bonds. The van der Waals surface area contributed by atoms with E-state index in [1.54, 1.807) is 25.1 Å². The van der Waals surface area contributed by atoms with Crippen LogP contribution in [0.3, 0.4) is 0 Å². The van der Waals surface area contributed by atoms with Crippen molar-refractivity contribution in [3.05, 3.63) is 29.3 Å². The first kappa shape index (κ1) is 15.2. The van der Waals surface area contributed by atoms with Gasteiger partial charge in [-0.1, -0.05) is 13.8 Å². The molecule has 0 radical (unpaired) electrons. The molecule has 0 saturated heterocycles. The highest BCUT2D eigenvalue weighted by molar-refractivity contribution is 5.94. The third kappa shape index (κ3) is 4.73. The highest BCUT2D eigenvalue weighted by atomic mass is 16.5. The van der Waals surface area contributed by atoms with E-state index in [0.29, 0.717) is 24.5 Å². The lowest BCUT2D eigenvalue weighted by molar-refractivity contribution is -0.116. The van der Waals surface area contributed by atoms with Crippen LogP contribution >= 0.6 is 0 Å². The summed E-state index contributed by atoms with van der Waals surface area (Å²) in [7, 11) is 0. The maximum atomic E-state index is 11.7. The zero-order chi connectivity index (χ0) is 14.4. The van der Waals surface area contributed by atoms with Crippen molar-refractivity contribution in [3.63, 3.8) is 0 Å². The second kappa shape index (κ2) is 6.92. The topological polar surface area (TPSA) is 55.4 Å². The van der Waals surface area contributed by atoms with Gasteiger partial charge in [-0.2, -0.15) is 0 Å². The predicted molar refractivity (Wildman–Crippen MR) is 75.2 cm³/mol. The van der Waals surface area contributed by atoms with Crippen LogP contribution in [-0.4, -0.2) is 18.5 Å². The van der Waals surface area contributed by atoms with Crippen LogP contribution in [0.2, 0.25) is 0 Å². The zero-order valence-corrected chi connectivity index (χ0v) is 11.9. The van der Waals surface area contributed by atoms with Crippen LogP contribution in [0.5, 0.6) is 0 Å². The third-order valence-corrected chi connectivity index (χ3v) is 2.61. The number of nitrogens with one attached hydrogen (secondary N) is 1. The highest BCUT2D eigenvalue weighted by Crippen LogP contribution is 2.18. The summed E-state index contributed by atoms with van der Waals surface area (Å²) in [6, 6.07) is 5.12. The number of ether oxygens (including phenoxy) is 1. The van der Waals surface area contributed by atoms with Crippen LogP contribution < -0.4 is 5.32 Å². The number of rotatable bonds is 5. The smallest absolute Gasteiger partial charge is 0.338 e. The van der Waals surface area contributed by atoms with Gasteiger partial charge in [-0.3, -0.25) is 4.79 Å². The first-order valence-electron chi connectivity index (χ1n) is 6.51. The van der Waals surface area contributed by atoms with E-state index >= 15 is 0 Å². The van der Waals surface area contributed by atoms with Gasteiger partial charge in [0.05, 0.1) is 12.2 Å². The van der Waals surface area contributed by atoms with Crippen LogP contribution in [0, 0.1) is 12.8 Å². The fraction of sp³-hybridized carbons (Fsp3) is 0.467. The number of carbonyl (C=O) groups excluding carboxylic acids is 2. The number of esters is 1. The van der Waals surface area contributed by atoms with E-state index in [1.165, 1.54) is 0 Å². The monoisotopic (exact) mass is 263 g/mol. The fourth-order valence-electron chi connectivity index (χ4n) is 1.72. The fourth-order valence-corrected chi connectivity index (χ4v) is 1.72. The summed E-state index contributed by atoms with van der Waals surface area (Å²) in [5, 5.41) is 2.85. The molecule has 0 fully saturated rings. The molecule has 1 N–H and O–H groups in total. The van der Waals surface area contributed by atoms with Gasteiger partial charge in [-0.05, 0) is 43.5 Å². The number of carbonyl (C=O) groups is 2. The molecule has 0 aliphatic heterocycles. The van der Waals surface area contributed by atoms with Crippen LogP contribution in [0.1, 0.15) is 43.1 Å². The zero-order valence-electron chi connectivity index (χ0n) is 11.9. The van der Waals surface area contributed by atoms with E-state index in [0.717, 1.165) is 11.3 Å². The van der Waals surface area contributed by atoms with Gasteiger partial charge in [0.1, 0.15) is 0 Å². The Bertz CT molecular complexity index is 466. The van der Waals surface area contributed by atoms with Crippen LogP contribution in [-0.2, 0) is 9.53 Å². The van der Waals surface area contributed by atoms with Crippen molar-refractivity contribution in [1.29, 1.82) is 0 Å². The minimum Gasteiger partial charge on any atom is -0.462 e. The Hall–Kier alpha value is -1.84. The van der Waals surface area contributed by atoms with Crippen molar-refractivity contribution in [3.8, 4) is 0 Å². The molecule has 0 bridgehead atoms. The molecule has 0 aliphatic carbocycles. The third-order valence-electron chi connectivity index (χ3n) is 2.61. The molecule has 0 unspecified atom stereocenters. The quantitative estimate of drug-likeness (QED) is 0.830. The van der Waals surface area contributed by atoms with E-state index in [4.69, 9.17) is 4.74 Å². The Kier molecular flexibility index (Phi) is 5.55. The molecule has 0 spiro atoms. The Morgan fingerprint density at radius 3 is 2.53 bits per heavy atom. The summed E-state index contributed by atoms with van der Waals surface area (Å²) in [4.78, 5) is 23.3. The minimum atomic E-state index is -0.342. The lowest BCUT2D eigenvalue weighted by Gasteiger charge is -2.11. The molecular weight excluding hydrogens is 242 g/mol. The molecule has 0 aromatic heterocycles. The number of benzene rings is 1. The molecule has 19 heavy (non-hydrogen) atoms. The van der Waals surface area contributed by atoms with Gasteiger partial charge in [0, 0.05) is 12.1 Å². The van der Waals surface area contributed by atoms with Gasteiger partial charge >= 0.3 is 5.97 Å². The molecule has 1 aromatic rings. The van der Waals surface area contributed by atoms with E-state index < -0.39 is 0 Å². The SMILES string of the molecule is CCOC(=O)c1ccc(NC(=O)CC(C)C)c(C)c1. The van der Waals surface area contributed by atoms with Crippen molar-refractivity contribution < 1.29 is 14.3 Å². The number of aryl methyl sites for hydroxylation is 1. The molecule has 0 atom stereocenters. The van der Waals surface area contributed by atoms with Gasteiger partial charge in [-0.25, -0.2) is 4.79 Å². The molecule has 1 aromatic carbocycles. The lowest BCUT2D eigenvalue weighted by Crippen LogP contribution is -2.15. The molecule has 1 rings (SSSR count). The Morgan fingerprint density at radius 2 is 2.00 bits per heavy atom. The second-order valence-corrected chi connectivity index (χ2v) is 4.90. The van der Waals surface area contributed by atoms with E-state index in [2.05, 4.69) is 5.32 Å². The van der Waals surface area contributed by atoms with Crippen LogP contribution in [0.4, 0.5) is 5.69 Å². The molecule has 0 heterocycles. The minimum absolute atomic E-state index is 0.0121. The predicted octanol–water partition coefficient (Wildman–Crippen LogP) is 3.16. The number of anilines is 1. The molecule has 0 saturated carbocycles. The molecular formula is C15H21NO3. The summed E-state index contributed by atoms with van der Waals surface area (Å²) >= 11 is 0. The van der Waals surface area contributed by atoms with Crippen molar-refractivity contribution in [2.45, 2.75) is 34.1 Å². The average molecular weight is 263 g/mol. The van der Waals surface area contributed by atoms with E-state index in [9.17, 15) is 9.59 Å². The van der Waals surface area contributed by atoms with E-state index in [-0.39, 0.29) is 11.9 Å². The van der Waals surface area contributed by atoms with E-state index in [1.807, 2.05) is 20.8 Å². The molecule has 104 valence electrons. The summed E-state index contributed by atoms with van der Waals surface area (Å²) in [5.41, 5.74) is 2.09. The standard InChI is InChI=1S/C15H21NO3/c1-5-19-15(18)12-6-7-13(11(4)9-12)16-14(17)8-10(2)3/h6-7,9-10H,5,8H2,1-4H3,(H,16,17). The number of amides is 1. The van der Waals surface area contributed by atoms with Crippen molar-refractivity contribution in [1.82, 2.24) is 0 Å². The van der Waals surface area contributed by atoms with Gasteiger partial charge < -0.3 is 10.1 Å². The normalized spacial score (nSPS) is 10.4. The van der Waals surface area contributed by atoms with Gasteiger partial charge in [0.15, 0.2) is 0 Å². The Balaban J connectivity index is 2.77. The highest BCUT2D eigenvalue weighted by Gasteiger charge is 2.10. The Morgan fingerprint density at radius 1 is 1.32 bits per heavy atom. The van der Waals surface area contributed by atoms with Gasteiger partial charge in [-0.15, -0.1) is 0 Å². The molecule has 4 nitrogen and oxygen atoms in total. The summed E-state index contributed by atoms with van der Waals surface area (Å²) in [5.74, 6) is -0.0354. The maximum absolute atomic E-state index is 11.7. The Labute approximate surface area is 114 Å². The maximum Gasteiger partial charge on any atom is 0.338 e. The van der Waals surface area contributed by atoms with Gasteiger partial charge in [0.25, 0.3) is 0 Å².